The van der Waals surface area contributed by atoms with Crippen LogP contribution < -0.4 is 5.32 Å². The smallest absolute Gasteiger partial charge is 0.0897 e. The van der Waals surface area contributed by atoms with Crippen LogP contribution >= 0.6 is 0 Å². The van der Waals surface area contributed by atoms with E-state index in [2.05, 4.69) is 10.4 Å². The Hall–Kier alpha value is -0.950. The quantitative estimate of drug-likeness (QED) is 0.557. The molecule has 104 valence electrons. The second-order valence-corrected chi connectivity index (χ2v) is 4.16. The van der Waals surface area contributed by atoms with Crippen molar-refractivity contribution in [1.82, 2.24) is 15.1 Å². The van der Waals surface area contributed by atoms with Gasteiger partial charge in [-0.3, -0.25) is 4.68 Å². The highest BCUT2D eigenvalue weighted by Gasteiger charge is 2.03. The average Bonchev–Trinajstić information content (AvgIpc) is 2.76. The number of rotatable bonds is 10. The minimum atomic E-state index is -0.481. The third-order valence-electron chi connectivity index (χ3n) is 2.45. The maximum Gasteiger partial charge on any atom is 0.0897 e. The van der Waals surface area contributed by atoms with Crippen LogP contribution in [0.2, 0.25) is 0 Å². The number of hydrogen-bond donors (Lipinski definition) is 2. The van der Waals surface area contributed by atoms with E-state index >= 15 is 0 Å². The van der Waals surface area contributed by atoms with E-state index in [4.69, 9.17) is 9.47 Å². The van der Waals surface area contributed by atoms with Gasteiger partial charge in [-0.2, -0.15) is 5.10 Å². The normalized spacial score (nSPS) is 12.8. The fraction of sp³-hybridized carbons (Fsp3) is 0.750. The van der Waals surface area contributed by atoms with Crippen LogP contribution in [0.3, 0.4) is 0 Å². The van der Waals surface area contributed by atoms with Gasteiger partial charge in [0.05, 0.1) is 31.6 Å². The monoisotopic (exact) mass is 257 g/mol. The molecule has 0 fully saturated rings. The minimum absolute atomic E-state index is 0.333. The Labute approximate surface area is 108 Å². The Morgan fingerprint density at radius 1 is 1.50 bits per heavy atom. The van der Waals surface area contributed by atoms with Gasteiger partial charge in [-0.15, -0.1) is 0 Å². The molecule has 1 atom stereocenters. The van der Waals surface area contributed by atoms with E-state index in [0.29, 0.717) is 26.4 Å². The van der Waals surface area contributed by atoms with Crippen molar-refractivity contribution in [2.45, 2.75) is 12.5 Å². The Bertz CT molecular complexity index is 317. The van der Waals surface area contributed by atoms with Gasteiger partial charge in [0.2, 0.25) is 0 Å². The van der Waals surface area contributed by atoms with Crippen LogP contribution in [-0.4, -0.2) is 61.0 Å². The summed E-state index contributed by atoms with van der Waals surface area (Å²) in [4.78, 5) is 0. The molecule has 18 heavy (non-hydrogen) atoms. The molecular formula is C12H23N3O3. The molecule has 6 nitrogen and oxygen atoms in total. The Balaban J connectivity index is 1.96. The van der Waals surface area contributed by atoms with Crippen molar-refractivity contribution in [1.29, 1.82) is 0 Å². The molecule has 0 spiro atoms. The fourth-order valence-electron chi connectivity index (χ4n) is 1.50. The van der Waals surface area contributed by atoms with Gasteiger partial charge in [0, 0.05) is 39.9 Å². The van der Waals surface area contributed by atoms with Crippen LogP contribution in [0.5, 0.6) is 0 Å². The molecule has 1 aromatic heterocycles. The SMILES string of the molecule is COCCOCC(O)CNCCc1ccn(C)n1. The van der Waals surface area contributed by atoms with Crippen LogP contribution in [0, 0.1) is 0 Å². The first kappa shape index (κ1) is 15.1. The summed E-state index contributed by atoms with van der Waals surface area (Å²) in [5.41, 5.74) is 1.05. The average molecular weight is 257 g/mol. The van der Waals surface area contributed by atoms with Gasteiger partial charge in [0.1, 0.15) is 0 Å². The van der Waals surface area contributed by atoms with Crippen molar-refractivity contribution < 1.29 is 14.6 Å². The molecule has 0 amide bonds. The molecule has 0 aromatic carbocycles. The van der Waals surface area contributed by atoms with Gasteiger partial charge in [-0.05, 0) is 6.07 Å². The molecule has 1 heterocycles. The highest BCUT2D eigenvalue weighted by atomic mass is 16.5. The number of nitrogens with one attached hydrogen (secondary N) is 1. The highest BCUT2D eigenvalue weighted by molar-refractivity contribution is 4.98. The summed E-state index contributed by atoms with van der Waals surface area (Å²) in [6.45, 7) is 2.73. The summed E-state index contributed by atoms with van der Waals surface area (Å²) in [5, 5.41) is 17.0. The Morgan fingerprint density at radius 3 is 3.00 bits per heavy atom. The van der Waals surface area contributed by atoms with Gasteiger partial charge in [-0.25, -0.2) is 0 Å². The number of ether oxygens (including phenoxy) is 2. The number of aliphatic hydroxyl groups excluding tert-OH is 1. The first-order valence-corrected chi connectivity index (χ1v) is 6.16. The standard InChI is InChI=1S/C12H23N3O3/c1-15-6-4-11(14-15)3-5-13-9-12(16)10-18-8-7-17-2/h4,6,12-13,16H,3,5,7-10H2,1-2H3. The molecule has 0 aliphatic carbocycles. The number of hydrogen-bond acceptors (Lipinski definition) is 5. The molecule has 0 saturated heterocycles. The van der Waals surface area contributed by atoms with Crippen molar-refractivity contribution in [3.8, 4) is 0 Å². The molecule has 0 bridgehead atoms. The largest absolute Gasteiger partial charge is 0.389 e. The van der Waals surface area contributed by atoms with E-state index in [1.807, 2.05) is 19.3 Å². The van der Waals surface area contributed by atoms with E-state index in [0.717, 1.165) is 18.7 Å². The van der Waals surface area contributed by atoms with Crippen LogP contribution in [0.4, 0.5) is 0 Å². The summed E-state index contributed by atoms with van der Waals surface area (Å²) in [6, 6.07) is 1.99. The van der Waals surface area contributed by atoms with Gasteiger partial charge < -0.3 is 19.9 Å². The minimum Gasteiger partial charge on any atom is -0.389 e. The van der Waals surface area contributed by atoms with E-state index in [9.17, 15) is 5.11 Å². The van der Waals surface area contributed by atoms with Crippen LogP contribution in [0.25, 0.3) is 0 Å². The van der Waals surface area contributed by atoms with Crippen LogP contribution in [0.1, 0.15) is 5.69 Å². The van der Waals surface area contributed by atoms with E-state index in [-0.39, 0.29) is 0 Å². The topological polar surface area (TPSA) is 68.5 Å². The zero-order chi connectivity index (χ0) is 13.2. The highest BCUT2D eigenvalue weighted by Crippen LogP contribution is 1.94. The number of aromatic nitrogens is 2. The molecule has 0 saturated carbocycles. The molecule has 6 heteroatoms. The zero-order valence-corrected chi connectivity index (χ0v) is 11.1. The van der Waals surface area contributed by atoms with Gasteiger partial charge in [0.15, 0.2) is 0 Å². The van der Waals surface area contributed by atoms with Crippen LogP contribution in [0.15, 0.2) is 12.3 Å². The lowest BCUT2D eigenvalue weighted by molar-refractivity contribution is 0.0139. The first-order chi connectivity index (χ1) is 8.72. The molecule has 2 N–H and O–H groups in total. The van der Waals surface area contributed by atoms with Gasteiger partial charge >= 0.3 is 0 Å². The molecule has 1 rings (SSSR count). The second kappa shape index (κ2) is 9.04. The van der Waals surface area contributed by atoms with Crippen molar-refractivity contribution in [3.63, 3.8) is 0 Å². The lowest BCUT2D eigenvalue weighted by Gasteiger charge is -2.11. The van der Waals surface area contributed by atoms with Crippen molar-refractivity contribution in [2.75, 3.05) is 40.0 Å². The van der Waals surface area contributed by atoms with E-state index in [1.54, 1.807) is 11.8 Å². The maximum absolute atomic E-state index is 9.60. The zero-order valence-electron chi connectivity index (χ0n) is 11.1. The number of aliphatic hydroxyl groups is 1. The summed E-state index contributed by atoms with van der Waals surface area (Å²) in [6.07, 6.45) is 2.30. The second-order valence-electron chi connectivity index (χ2n) is 4.16. The predicted octanol–water partition coefficient (Wildman–Crippen LogP) is -0.424. The number of aryl methyl sites for hydroxylation is 1. The number of methoxy groups -OCH3 is 1. The van der Waals surface area contributed by atoms with Crippen molar-refractivity contribution in [3.05, 3.63) is 18.0 Å². The summed E-state index contributed by atoms with van der Waals surface area (Å²) in [7, 11) is 3.52. The van der Waals surface area contributed by atoms with E-state index in [1.165, 1.54) is 0 Å². The molecule has 1 unspecified atom stereocenters. The van der Waals surface area contributed by atoms with Crippen LogP contribution in [-0.2, 0) is 22.9 Å². The predicted molar refractivity (Wildman–Crippen MR) is 68.5 cm³/mol. The Kier molecular flexibility index (Phi) is 7.59. The molecule has 0 radical (unpaired) electrons. The summed E-state index contributed by atoms with van der Waals surface area (Å²) < 4.78 is 11.9. The molecular weight excluding hydrogens is 234 g/mol. The first-order valence-electron chi connectivity index (χ1n) is 6.16. The third kappa shape index (κ3) is 6.70. The lowest BCUT2D eigenvalue weighted by Crippen LogP contribution is -2.32. The molecule has 0 aliphatic heterocycles. The Morgan fingerprint density at radius 2 is 2.33 bits per heavy atom. The summed E-state index contributed by atoms with van der Waals surface area (Å²) >= 11 is 0. The molecule has 0 aliphatic rings. The molecule has 1 aromatic rings. The number of nitrogens with zero attached hydrogens (tertiary/aromatic N) is 2. The summed E-state index contributed by atoms with van der Waals surface area (Å²) in [5.74, 6) is 0. The fourth-order valence-corrected chi connectivity index (χ4v) is 1.50. The van der Waals surface area contributed by atoms with Crippen molar-refractivity contribution >= 4 is 0 Å². The van der Waals surface area contributed by atoms with Gasteiger partial charge in [-0.1, -0.05) is 0 Å². The third-order valence-corrected chi connectivity index (χ3v) is 2.45. The van der Waals surface area contributed by atoms with Crippen molar-refractivity contribution in [2.24, 2.45) is 7.05 Å². The maximum atomic E-state index is 9.60. The van der Waals surface area contributed by atoms with Gasteiger partial charge in [0.25, 0.3) is 0 Å². The van der Waals surface area contributed by atoms with E-state index < -0.39 is 6.10 Å². The lowest BCUT2D eigenvalue weighted by atomic mass is 10.3.